The standard InChI is InChI=1S/C12H9ClN4/c13-11-5-3-9(4-6-11)12(16-17-14)10-2-1-7-15-8-10/h1-8,12H. The lowest BCUT2D eigenvalue weighted by molar-refractivity contribution is 0.851. The Morgan fingerprint density at radius 1 is 1.18 bits per heavy atom. The van der Waals surface area contributed by atoms with Crippen molar-refractivity contribution >= 4 is 11.6 Å². The number of benzene rings is 1. The molecule has 84 valence electrons. The van der Waals surface area contributed by atoms with Gasteiger partial charge in [-0.05, 0) is 34.9 Å². The van der Waals surface area contributed by atoms with Crippen molar-refractivity contribution < 1.29 is 0 Å². The van der Waals surface area contributed by atoms with Crippen LogP contribution in [-0.2, 0) is 0 Å². The van der Waals surface area contributed by atoms with Gasteiger partial charge in [0.25, 0.3) is 0 Å². The minimum Gasteiger partial charge on any atom is -0.264 e. The van der Waals surface area contributed by atoms with E-state index >= 15 is 0 Å². The molecule has 1 aromatic carbocycles. The molecule has 1 heterocycles. The van der Waals surface area contributed by atoms with Crippen LogP contribution in [0, 0.1) is 0 Å². The molecule has 0 saturated carbocycles. The van der Waals surface area contributed by atoms with E-state index in [2.05, 4.69) is 15.0 Å². The third kappa shape index (κ3) is 2.75. The summed E-state index contributed by atoms with van der Waals surface area (Å²) in [5.74, 6) is 0. The SMILES string of the molecule is [N-]=[N+]=NC(c1ccc(Cl)cc1)c1cccnc1. The van der Waals surface area contributed by atoms with Crippen LogP contribution in [-0.4, -0.2) is 4.98 Å². The predicted molar refractivity (Wildman–Crippen MR) is 66.7 cm³/mol. The molecule has 0 N–H and O–H groups in total. The quantitative estimate of drug-likeness (QED) is 0.455. The molecular weight excluding hydrogens is 236 g/mol. The van der Waals surface area contributed by atoms with E-state index in [4.69, 9.17) is 17.1 Å². The van der Waals surface area contributed by atoms with Gasteiger partial charge in [-0.2, -0.15) is 0 Å². The molecule has 1 atom stereocenters. The summed E-state index contributed by atoms with van der Waals surface area (Å²) < 4.78 is 0. The molecule has 4 nitrogen and oxygen atoms in total. The lowest BCUT2D eigenvalue weighted by Gasteiger charge is -2.11. The number of aromatic nitrogens is 1. The van der Waals surface area contributed by atoms with Gasteiger partial charge in [-0.1, -0.05) is 34.9 Å². The number of halogens is 1. The number of rotatable bonds is 3. The number of hydrogen-bond donors (Lipinski definition) is 0. The molecule has 0 radical (unpaired) electrons. The first-order chi connectivity index (χ1) is 8.31. The zero-order valence-corrected chi connectivity index (χ0v) is 9.62. The van der Waals surface area contributed by atoms with Crippen LogP contribution in [0.15, 0.2) is 53.9 Å². The third-order valence-corrected chi connectivity index (χ3v) is 2.60. The van der Waals surface area contributed by atoms with Crippen LogP contribution in [0.1, 0.15) is 17.2 Å². The van der Waals surface area contributed by atoms with Crippen LogP contribution in [0.3, 0.4) is 0 Å². The molecule has 1 unspecified atom stereocenters. The molecule has 1 aromatic heterocycles. The summed E-state index contributed by atoms with van der Waals surface area (Å²) in [6.07, 6.45) is 3.37. The van der Waals surface area contributed by atoms with Crippen LogP contribution < -0.4 is 0 Å². The second-order valence-electron chi connectivity index (χ2n) is 3.45. The smallest absolute Gasteiger partial charge is 0.0891 e. The summed E-state index contributed by atoms with van der Waals surface area (Å²) in [6.45, 7) is 0. The van der Waals surface area contributed by atoms with E-state index in [1.807, 2.05) is 24.3 Å². The van der Waals surface area contributed by atoms with E-state index in [1.54, 1.807) is 24.5 Å². The maximum Gasteiger partial charge on any atom is 0.0891 e. The Balaban J connectivity index is 2.42. The molecule has 0 spiro atoms. The third-order valence-electron chi connectivity index (χ3n) is 2.35. The van der Waals surface area contributed by atoms with Crippen LogP contribution >= 0.6 is 11.6 Å². The highest BCUT2D eigenvalue weighted by atomic mass is 35.5. The molecule has 0 saturated heterocycles. The molecule has 0 aliphatic heterocycles. The van der Waals surface area contributed by atoms with Gasteiger partial charge in [0.1, 0.15) is 0 Å². The average molecular weight is 245 g/mol. The molecule has 2 aromatic rings. The fourth-order valence-electron chi connectivity index (χ4n) is 1.56. The van der Waals surface area contributed by atoms with Crippen LogP contribution in [0.5, 0.6) is 0 Å². The van der Waals surface area contributed by atoms with Gasteiger partial charge in [0, 0.05) is 22.3 Å². The molecule has 2 rings (SSSR count). The molecule has 17 heavy (non-hydrogen) atoms. The van der Waals surface area contributed by atoms with Gasteiger partial charge in [-0.25, -0.2) is 0 Å². The summed E-state index contributed by atoms with van der Waals surface area (Å²) in [6, 6.07) is 10.5. The van der Waals surface area contributed by atoms with E-state index < -0.39 is 0 Å². The van der Waals surface area contributed by atoms with Gasteiger partial charge in [-0.15, -0.1) is 0 Å². The zero-order chi connectivity index (χ0) is 12.1. The zero-order valence-electron chi connectivity index (χ0n) is 8.86. The largest absolute Gasteiger partial charge is 0.264 e. The Kier molecular flexibility index (Phi) is 3.60. The average Bonchev–Trinajstić information content (AvgIpc) is 2.38. The van der Waals surface area contributed by atoms with E-state index in [9.17, 15) is 0 Å². The maximum absolute atomic E-state index is 8.63. The van der Waals surface area contributed by atoms with Crippen molar-refractivity contribution in [3.63, 3.8) is 0 Å². The van der Waals surface area contributed by atoms with Crippen molar-refractivity contribution in [2.75, 3.05) is 0 Å². The Labute approximate surface area is 104 Å². The first-order valence-electron chi connectivity index (χ1n) is 5.01. The fourth-order valence-corrected chi connectivity index (χ4v) is 1.69. The second-order valence-corrected chi connectivity index (χ2v) is 3.88. The minimum absolute atomic E-state index is 0.369. The highest BCUT2D eigenvalue weighted by molar-refractivity contribution is 6.30. The van der Waals surface area contributed by atoms with E-state index in [-0.39, 0.29) is 6.04 Å². The van der Waals surface area contributed by atoms with Gasteiger partial charge in [0.05, 0.1) is 6.04 Å². The molecule has 5 heteroatoms. The molecule has 0 bridgehead atoms. The van der Waals surface area contributed by atoms with E-state index in [0.29, 0.717) is 5.02 Å². The van der Waals surface area contributed by atoms with Crippen LogP contribution in [0.4, 0.5) is 0 Å². The molecule has 0 aliphatic carbocycles. The summed E-state index contributed by atoms with van der Waals surface area (Å²) >= 11 is 5.82. The van der Waals surface area contributed by atoms with Gasteiger partial charge in [0.15, 0.2) is 0 Å². The van der Waals surface area contributed by atoms with Crippen molar-refractivity contribution in [2.45, 2.75) is 6.04 Å². The first-order valence-corrected chi connectivity index (χ1v) is 5.38. The van der Waals surface area contributed by atoms with Gasteiger partial charge in [-0.3, -0.25) is 4.98 Å². The lowest BCUT2D eigenvalue weighted by Crippen LogP contribution is -1.97. The molecule has 0 amide bonds. The highest BCUT2D eigenvalue weighted by Crippen LogP contribution is 2.26. The molecule has 0 aliphatic rings. The minimum atomic E-state index is -0.369. The fraction of sp³-hybridized carbons (Fsp3) is 0.0833. The van der Waals surface area contributed by atoms with Crippen molar-refractivity contribution in [1.29, 1.82) is 0 Å². The first kappa shape index (κ1) is 11.5. The van der Waals surface area contributed by atoms with Crippen LogP contribution in [0.25, 0.3) is 10.4 Å². The monoisotopic (exact) mass is 244 g/mol. The lowest BCUT2D eigenvalue weighted by atomic mass is 10.0. The van der Waals surface area contributed by atoms with Crippen LogP contribution in [0.2, 0.25) is 5.02 Å². The van der Waals surface area contributed by atoms with Crippen molar-refractivity contribution in [3.8, 4) is 0 Å². The van der Waals surface area contributed by atoms with E-state index in [1.165, 1.54) is 0 Å². The Hall–Kier alpha value is -2.03. The Bertz CT molecular complexity index is 532. The number of azide groups is 1. The number of pyridine rings is 1. The normalized spacial score (nSPS) is 11.6. The van der Waals surface area contributed by atoms with Gasteiger partial charge >= 0.3 is 0 Å². The number of nitrogens with zero attached hydrogens (tertiary/aromatic N) is 4. The van der Waals surface area contributed by atoms with Crippen molar-refractivity contribution in [1.82, 2.24) is 4.98 Å². The maximum atomic E-state index is 8.63. The van der Waals surface area contributed by atoms with Gasteiger partial charge < -0.3 is 0 Å². The molecular formula is C12H9ClN4. The topological polar surface area (TPSA) is 61.7 Å². The summed E-state index contributed by atoms with van der Waals surface area (Å²) in [5.41, 5.74) is 10.4. The summed E-state index contributed by atoms with van der Waals surface area (Å²) in [4.78, 5) is 6.90. The van der Waals surface area contributed by atoms with E-state index in [0.717, 1.165) is 11.1 Å². The Morgan fingerprint density at radius 3 is 2.53 bits per heavy atom. The second kappa shape index (κ2) is 5.34. The number of hydrogen-bond acceptors (Lipinski definition) is 2. The van der Waals surface area contributed by atoms with Crippen molar-refractivity contribution in [3.05, 3.63) is 75.4 Å². The summed E-state index contributed by atoms with van der Waals surface area (Å²) in [7, 11) is 0. The summed E-state index contributed by atoms with van der Waals surface area (Å²) in [5, 5.41) is 4.44. The van der Waals surface area contributed by atoms with Gasteiger partial charge in [0.2, 0.25) is 0 Å². The molecule has 0 fully saturated rings. The predicted octanol–water partition coefficient (Wildman–Crippen LogP) is 4.13. The highest BCUT2D eigenvalue weighted by Gasteiger charge is 2.11. The van der Waals surface area contributed by atoms with Crippen molar-refractivity contribution in [2.24, 2.45) is 5.11 Å². The Morgan fingerprint density at radius 2 is 1.94 bits per heavy atom.